The summed E-state index contributed by atoms with van der Waals surface area (Å²) >= 11 is 1.43. The number of hydrogen-bond donors (Lipinski definition) is 4. The number of hydrazone groups is 1. The number of thioether (sulfide) groups is 1. The van der Waals surface area contributed by atoms with E-state index in [0.717, 1.165) is 12.2 Å². The summed E-state index contributed by atoms with van der Waals surface area (Å²) in [4.78, 5) is 19.6. The molecule has 0 amide bonds. The molecule has 4 atom stereocenters. The van der Waals surface area contributed by atoms with E-state index in [9.17, 15) is 20.3 Å². The molecule has 3 aromatic rings. The van der Waals surface area contributed by atoms with Gasteiger partial charge in [-0.3, -0.25) is 15.5 Å². The van der Waals surface area contributed by atoms with Crippen molar-refractivity contribution in [3.05, 3.63) is 39.9 Å². The molecule has 0 radical (unpaired) electrons. The predicted molar refractivity (Wildman–Crippen MR) is 131 cm³/mol. The Morgan fingerprint density at radius 3 is 2.94 bits per heavy atom. The number of nitro benzene ring substituents is 1. The molecule has 4 N–H and O–H groups in total. The molecule has 0 aliphatic heterocycles. The topological polar surface area (TPSA) is 194 Å². The minimum absolute atomic E-state index is 0.0376. The zero-order valence-electron chi connectivity index (χ0n) is 19.3. The van der Waals surface area contributed by atoms with E-state index < -0.39 is 29.3 Å². The van der Waals surface area contributed by atoms with E-state index in [0.29, 0.717) is 21.9 Å². The van der Waals surface area contributed by atoms with E-state index in [2.05, 4.69) is 30.8 Å². The molecule has 4 rings (SSSR count). The van der Waals surface area contributed by atoms with Gasteiger partial charge in [0.2, 0.25) is 0 Å². The second-order valence-corrected chi connectivity index (χ2v) is 9.11. The summed E-state index contributed by atoms with van der Waals surface area (Å²) in [6.45, 7) is 1.87. The highest BCUT2D eigenvalue weighted by atomic mass is 32.2. The monoisotopic (exact) mass is 518 g/mol. The Morgan fingerprint density at radius 1 is 1.36 bits per heavy atom. The average Bonchev–Trinajstić information content (AvgIpc) is 3.42. The number of aliphatic hydroxyl groups excluding tert-OH is 3. The van der Waals surface area contributed by atoms with Crippen molar-refractivity contribution >= 4 is 40.6 Å². The first-order valence-electron chi connectivity index (χ1n) is 11.3. The Balaban J connectivity index is 1.64. The highest BCUT2D eigenvalue weighted by molar-refractivity contribution is 7.99. The lowest BCUT2D eigenvalue weighted by Gasteiger charge is -2.17. The van der Waals surface area contributed by atoms with Gasteiger partial charge in [0.1, 0.15) is 12.2 Å². The minimum Gasteiger partial charge on any atom is -0.394 e. The van der Waals surface area contributed by atoms with Gasteiger partial charge in [-0.1, -0.05) is 36.0 Å². The number of aromatic nitrogens is 5. The van der Waals surface area contributed by atoms with E-state index in [1.54, 1.807) is 12.1 Å². The third-order valence-electron chi connectivity index (χ3n) is 5.54. The fraction of sp³-hybridized carbons (Fsp3) is 0.476. The molecule has 14 nitrogen and oxygen atoms in total. The van der Waals surface area contributed by atoms with Crippen LogP contribution in [0.3, 0.4) is 0 Å². The number of nitro groups is 1. The van der Waals surface area contributed by atoms with Crippen LogP contribution < -0.4 is 5.43 Å². The summed E-state index contributed by atoms with van der Waals surface area (Å²) in [5, 5.41) is 54.0. The number of benzene rings is 1. The molecule has 36 heavy (non-hydrogen) atoms. The SMILES string of the molecule is CCCSc1nc(N/N=C/c2cccc([N+](=O)[O-])c2)c2nnn([C@@H]3C[C@H](OCCO)[C@@H](O)[C@H]3O)c2n1. The van der Waals surface area contributed by atoms with Gasteiger partial charge >= 0.3 is 0 Å². The fourth-order valence-corrected chi connectivity index (χ4v) is 4.53. The molecular weight excluding hydrogens is 492 g/mol. The van der Waals surface area contributed by atoms with Crippen LogP contribution in [0.25, 0.3) is 11.2 Å². The first-order chi connectivity index (χ1) is 17.4. The number of nitrogens with one attached hydrogen (secondary N) is 1. The summed E-state index contributed by atoms with van der Waals surface area (Å²) in [6.07, 6.45) is -0.448. The molecule has 0 bridgehead atoms. The predicted octanol–water partition coefficient (Wildman–Crippen LogP) is 1.12. The van der Waals surface area contributed by atoms with E-state index in [1.165, 1.54) is 34.8 Å². The molecule has 15 heteroatoms. The summed E-state index contributed by atoms with van der Waals surface area (Å²) in [7, 11) is 0. The van der Waals surface area contributed by atoms with Gasteiger partial charge in [0, 0.05) is 29.9 Å². The molecule has 2 aromatic heterocycles. The molecule has 1 saturated carbocycles. The first-order valence-corrected chi connectivity index (χ1v) is 12.3. The highest BCUT2D eigenvalue weighted by Gasteiger charge is 2.44. The van der Waals surface area contributed by atoms with Crippen molar-refractivity contribution < 1.29 is 25.0 Å². The van der Waals surface area contributed by atoms with Crippen molar-refractivity contribution in [1.29, 1.82) is 0 Å². The smallest absolute Gasteiger partial charge is 0.270 e. The van der Waals surface area contributed by atoms with Crippen LogP contribution in [0.5, 0.6) is 0 Å². The van der Waals surface area contributed by atoms with E-state index in [-0.39, 0.29) is 31.1 Å². The number of ether oxygens (including phenoxy) is 1. The number of aliphatic hydroxyl groups is 3. The van der Waals surface area contributed by atoms with Crippen LogP contribution in [0, 0.1) is 10.1 Å². The van der Waals surface area contributed by atoms with Crippen molar-refractivity contribution in [3.63, 3.8) is 0 Å². The maximum absolute atomic E-state index is 11.0. The molecule has 0 spiro atoms. The van der Waals surface area contributed by atoms with Crippen molar-refractivity contribution in [2.75, 3.05) is 24.4 Å². The Hall–Kier alpha value is -3.24. The lowest BCUT2D eigenvalue weighted by atomic mass is 10.2. The Morgan fingerprint density at radius 2 is 2.19 bits per heavy atom. The van der Waals surface area contributed by atoms with Crippen molar-refractivity contribution in [1.82, 2.24) is 25.0 Å². The molecule has 2 heterocycles. The van der Waals surface area contributed by atoms with Crippen LogP contribution >= 0.6 is 11.8 Å². The molecule has 0 unspecified atom stereocenters. The maximum Gasteiger partial charge on any atom is 0.270 e. The third-order valence-corrected chi connectivity index (χ3v) is 6.59. The van der Waals surface area contributed by atoms with Gasteiger partial charge < -0.3 is 20.1 Å². The van der Waals surface area contributed by atoms with Gasteiger partial charge in [-0.05, 0) is 6.42 Å². The molecular formula is C21H26N8O6S. The van der Waals surface area contributed by atoms with Gasteiger partial charge in [-0.25, -0.2) is 14.6 Å². The minimum atomic E-state index is -1.18. The first kappa shape index (κ1) is 25.8. The van der Waals surface area contributed by atoms with Gasteiger partial charge in [0.05, 0.1) is 36.5 Å². The van der Waals surface area contributed by atoms with Gasteiger partial charge in [0.25, 0.3) is 5.69 Å². The molecule has 1 aliphatic rings. The molecule has 1 aliphatic carbocycles. The van der Waals surface area contributed by atoms with E-state index in [4.69, 9.17) is 9.84 Å². The zero-order chi connectivity index (χ0) is 25.7. The van der Waals surface area contributed by atoms with Crippen LogP contribution in [-0.4, -0.2) is 88.7 Å². The number of rotatable bonds is 11. The number of fused-ring (bicyclic) bond motifs is 1. The largest absolute Gasteiger partial charge is 0.394 e. The van der Waals surface area contributed by atoms with Crippen molar-refractivity contribution in [2.45, 2.75) is 49.3 Å². The van der Waals surface area contributed by atoms with Gasteiger partial charge in [0.15, 0.2) is 22.1 Å². The van der Waals surface area contributed by atoms with Crippen LogP contribution in [0.15, 0.2) is 34.5 Å². The Kier molecular flexibility index (Phi) is 8.37. The quantitative estimate of drug-likeness (QED) is 0.0930. The lowest BCUT2D eigenvalue weighted by Crippen LogP contribution is -2.33. The Labute approximate surface area is 209 Å². The van der Waals surface area contributed by atoms with Crippen molar-refractivity contribution in [3.8, 4) is 0 Å². The van der Waals surface area contributed by atoms with Crippen LogP contribution in [-0.2, 0) is 4.74 Å². The number of hydrogen-bond acceptors (Lipinski definition) is 13. The summed E-state index contributed by atoms with van der Waals surface area (Å²) in [5.74, 6) is 1.04. The van der Waals surface area contributed by atoms with Crippen LogP contribution in [0.1, 0.15) is 31.4 Å². The molecule has 192 valence electrons. The number of non-ortho nitro benzene ring substituents is 1. The van der Waals surface area contributed by atoms with Crippen LogP contribution in [0.2, 0.25) is 0 Å². The zero-order valence-corrected chi connectivity index (χ0v) is 20.2. The molecule has 1 aromatic carbocycles. The normalized spacial score (nSPS) is 22.0. The average molecular weight is 519 g/mol. The second-order valence-electron chi connectivity index (χ2n) is 8.05. The summed E-state index contributed by atoms with van der Waals surface area (Å²) in [6, 6.07) is 5.36. The number of anilines is 1. The molecule has 1 fully saturated rings. The maximum atomic E-state index is 11.0. The summed E-state index contributed by atoms with van der Waals surface area (Å²) in [5.41, 5.74) is 3.92. The van der Waals surface area contributed by atoms with E-state index >= 15 is 0 Å². The second kappa shape index (κ2) is 11.7. The highest BCUT2D eigenvalue weighted by Crippen LogP contribution is 2.35. The fourth-order valence-electron chi connectivity index (χ4n) is 3.84. The number of nitrogens with zero attached hydrogens (tertiary/aromatic N) is 7. The molecule has 0 saturated heterocycles. The standard InChI is InChI=1S/C21H26N8O6S/c1-2-8-36-21-23-19(26-22-11-12-4-3-5-13(9-12)29(33)34)16-20(24-21)28(27-25-16)14-10-15(35-7-6-30)18(32)17(14)31/h3-5,9,11,14-15,17-18,30-32H,2,6-8,10H2,1H3,(H,23,24,26)/b22-11+/t14-,15+,17+,18-/m1/s1. The van der Waals surface area contributed by atoms with Crippen LogP contribution in [0.4, 0.5) is 11.5 Å². The van der Waals surface area contributed by atoms with Gasteiger partial charge in [-0.15, -0.1) is 5.10 Å². The summed E-state index contributed by atoms with van der Waals surface area (Å²) < 4.78 is 6.91. The third kappa shape index (κ3) is 5.60. The lowest BCUT2D eigenvalue weighted by molar-refractivity contribution is -0.384. The van der Waals surface area contributed by atoms with Crippen molar-refractivity contribution in [2.24, 2.45) is 5.10 Å². The Bertz CT molecular complexity index is 1240. The van der Waals surface area contributed by atoms with E-state index in [1.807, 2.05) is 6.92 Å². The van der Waals surface area contributed by atoms with Gasteiger partial charge in [-0.2, -0.15) is 5.10 Å².